The number of rotatable bonds is 4. The zero-order valence-corrected chi connectivity index (χ0v) is 13.6. The van der Waals surface area contributed by atoms with E-state index in [0.29, 0.717) is 6.42 Å². The quantitative estimate of drug-likeness (QED) is 0.899. The molecule has 0 aliphatic carbocycles. The second-order valence-corrected chi connectivity index (χ2v) is 6.69. The Morgan fingerprint density at radius 3 is 2.85 bits per heavy atom. The number of hydrogen-bond acceptors (Lipinski definition) is 2. The third kappa shape index (κ3) is 4.27. The van der Waals surface area contributed by atoms with Gasteiger partial charge in [0.1, 0.15) is 5.82 Å². The maximum atomic E-state index is 13.1. The van der Waals surface area contributed by atoms with Gasteiger partial charge in [0.25, 0.3) is 0 Å². The fourth-order valence-electron chi connectivity index (χ4n) is 2.97. The van der Waals surface area contributed by atoms with Crippen molar-refractivity contribution in [3.63, 3.8) is 0 Å². The van der Waals surface area contributed by atoms with Crippen LogP contribution >= 0.6 is 15.9 Å². The predicted octanol–water partition coefficient (Wildman–Crippen LogP) is 3.76. The fraction of sp³-hybridized carbons (Fsp3) is 0.625. The fourth-order valence-corrected chi connectivity index (χ4v) is 3.46. The lowest BCUT2D eigenvalue weighted by Gasteiger charge is -2.27. The van der Waals surface area contributed by atoms with Crippen LogP contribution in [0.15, 0.2) is 22.7 Å². The SMILES string of the molecule is CCCN1CCCC(O)(Cc2ccc(F)cc2Br)CC1. The summed E-state index contributed by atoms with van der Waals surface area (Å²) >= 11 is 3.39. The van der Waals surface area contributed by atoms with Gasteiger partial charge >= 0.3 is 0 Å². The molecule has 0 radical (unpaired) electrons. The van der Waals surface area contributed by atoms with Crippen molar-refractivity contribution in [3.8, 4) is 0 Å². The van der Waals surface area contributed by atoms with Gasteiger partial charge in [0.15, 0.2) is 0 Å². The zero-order valence-electron chi connectivity index (χ0n) is 12.0. The lowest BCUT2D eigenvalue weighted by Crippen LogP contribution is -2.33. The van der Waals surface area contributed by atoms with E-state index in [9.17, 15) is 9.50 Å². The van der Waals surface area contributed by atoms with Crippen molar-refractivity contribution in [2.45, 2.75) is 44.6 Å². The molecule has 1 aromatic rings. The van der Waals surface area contributed by atoms with Crippen molar-refractivity contribution >= 4 is 15.9 Å². The van der Waals surface area contributed by atoms with Crippen LogP contribution in [0, 0.1) is 5.82 Å². The molecule has 0 saturated carbocycles. The molecule has 1 fully saturated rings. The Balaban J connectivity index is 2.03. The number of benzene rings is 1. The molecule has 1 unspecified atom stereocenters. The molecule has 0 bridgehead atoms. The molecular weight excluding hydrogens is 321 g/mol. The van der Waals surface area contributed by atoms with Gasteiger partial charge in [0.2, 0.25) is 0 Å². The van der Waals surface area contributed by atoms with E-state index in [2.05, 4.69) is 27.8 Å². The summed E-state index contributed by atoms with van der Waals surface area (Å²) in [4.78, 5) is 2.43. The maximum Gasteiger partial charge on any atom is 0.124 e. The minimum absolute atomic E-state index is 0.248. The highest BCUT2D eigenvalue weighted by Gasteiger charge is 2.30. The summed E-state index contributed by atoms with van der Waals surface area (Å²) in [6, 6.07) is 4.70. The molecule has 0 amide bonds. The molecule has 112 valence electrons. The summed E-state index contributed by atoms with van der Waals surface area (Å²) in [5, 5.41) is 10.8. The molecule has 1 N–H and O–H groups in total. The molecule has 2 rings (SSSR count). The van der Waals surface area contributed by atoms with E-state index in [1.165, 1.54) is 12.1 Å². The smallest absolute Gasteiger partial charge is 0.124 e. The summed E-state index contributed by atoms with van der Waals surface area (Å²) in [7, 11) is 0. The van der Waals surface area contributed by atoms with Crippen LogP contribution in [0.1, 0.15) is 38.2 Å². The van der Waals surface area contributed by atoms with Crippen molar-refractivity contribution < 1.29 is 9.50 Å². The molecule has 1 aliphatic heterocycles. The standard InChI is InChI=1S/C16H23BrFNO/c1-2-8-19-9-3-6-16(20,7-10-19)12-13-4-5-14(18)11-15(13)17/h4-5,11,20H,2-3,6-10,12H2,1H3. The Morgan fingerprint density at radius 2 is 2.15 bits per heavy atom. The van der Waals surface area contributed by atoms with Gasteiger partial charge in [0, 0.05) is 17.4 Å². The van der Waals surface area contributed by atoms with E-state index in [1.807, 2.05) is 0 Å². The van der Waals surface area contributed by atoms with Crippen molar-refractivity contribution in [3.05, 3.63) is 34.1 Å². The van der Waals surface area contributed by atoms with Crippen molar-refractivity contribution in [1.82, 2.24) is 4.90 Å². The van der Waals surface area contributed by atoms with E-state index < -0.39 is 5.60 Å². The Morgan fingerprint density at radius 1 is 1.35 bits per heavy atom. The molecule has 20 heavy (non-hydrogen) atoms. The molecule has 1 heterocycles. The van der Waals surface area contributed by atoms with E-state index >= 15 is 0 Å². The Labute approximate surface area is 129 Å². The molecule has 2 nitrogen and oxygen atoms in total. The topological polar surface area (TPSA) is 23.5 Å². The van der Waals surface area contributed by atoms with Gasteiger partial charge in [-0.2, -0.15) is 0 Å². The molecule has 1 aromatic carbocycles. The van der Waals surface area contributed by atoms with Crippen LogP contribution < -0.4 is 0 Å². The molecular formula is C16H23BrFNO. The first-order valence-corrected chi connectivity index (χ1v) is 8.20. The molecule has 1 aliphatic rings. The van der Waals surface area contributed by atoms with Crippen LogP contribution in [-0.2, 0) is 6.42 Å². The summed E-state index contributed by atoms with van der Waals surface area (Å²) in [5.74, 6) is -0.248. The second kappa shape index (κ2) is 7.01. The lowest BCUT2D eigenvalue weighted by molar-refractivity contribution is 0.0255. The van der Waals surface area contributed by atoms with Crippen molar-refractivity contribution in [1.29, 1.82) is 0 Å². The zero-order chi connectivity index (χ0) is 14.6. The average Bonchev–Trinajstić information content (AvgIpc) is 2.57. The van der Waals surface area contributed by atoms with Gasteiger partial charge in [-0.05, 0) is 56.5 Å². The summed E-state index contributed by atoms with van der Waals surface area (Å²) in [6.45, 7) is 5.31. The summed E-state index contributed by atoms with van der Waals surface area (Å²) in [6.07, 6.45) is 4.37. The molecule has 1 saturated heterocycles. The van der Waals surface area contributed by atoms with E-state index in [-0.39, 0.29) is 5.82 Å². The largest absolute Gasteiger partial charge is 0.389 e. The number of hydrogen-bond donors (Lipinski definition) is 1. The van der Waals surface area contributed by atoms with Crippen LogP contribution in [-0.4, -0.2) is 35.2 Å². The molecule has 4 heteroatoms. The van der Waals surface area contributed by atoms with E-state index in [4.69, 9.17) is 0 Å². The maximum absolute atomic E-state index is 13.1. The number of nitrogens with zero attached hydrogens (tertiary/aromatic N) is 1. The van der Waals surface area contributed by atoms with Crippen molar-refractivity contribution in [2.24, 2.45) is 0 Å². The van der Waals surface area contributed by atoms with Crippen LogP contribution in [0.4, 0.5) is 4.39 Å². The summed E-state index contributed by atoms with van der Waals surface area (Å²) < 4.78 is 13.9. The summed E-state index contributed by atoms with van der Waals surface area (Å²) in [5.41, 5.74) is 0.320. The first kappa shape index (κ1) is 15.9. The Bertz CT molecular complexity index is 454. The first-order chi connectivity index (χ1) is 9.52. The Kier molecular flexibility index (Phi) is 5.58. The van der Waals surface area contributed by atoms with Gasteiger partial charge in [0.05, 0.1) is 5.60 Å². The van der Waals surface area contributed by atoms with Crippen molar-refractivity contribution in [2.75, 3.05) is 19.6 Å². The van der Waals surface area contributed by atoms with Crippen LogP contribution in [0.3, 0.4) is 0 Å². The van der Waals surface area contributed by atoms with Gasteiger partial charge in [-0.25, -0.2) is 4.39 Å². The third-order valence-electron chi connectivity index (χ3n) is 4.08. The number of aliphatic hydroxyl groups is 1. The van der Waals surface area contributed by atoms with Crippen LogP contribution in [0.25, 0.3) is 0 Å². The molecule has 0 spiro atoms. The molecule has 0 aromatic heterocycles. The second-order valence-electron chi connectivity index (χ2n) is 5.83. The minimum Gasteiger partial charge on any atom is -0.389 e. The normalized spacial score (nSPS) is 24.6. The third-order valence-corrected chi connectivity index (χ3v) is 4.82. The minimum atomic E-state index is -0.664. The number of halogens is 2. The van der Waals surface area contributed by atoms with Crippen LogP contribution in [0.2, 0.25) is 0 Å². The molecule has 1 atom stereocenters. The van der Waals surface area contributed by atoms with Gasteiger partial charge in [-0.1, -0.05) is 28.9 Å². The lowest BCUT2D eigenvalue weighted by atomic mass is 9.88. The monoisotopic (exact) mass is 343 g/mol. The first-order valence-electron chi connectivity index (χ1n) is 7.41. The number of likely N-dealkylation sites (tertiary alicyclic amines) is 1. The highest BCUT2D eigenvalue weighted by Crippen LogP contribution is 2.29. The van der Waals surface area contributed by atoms with E-state index in [0.717, 1.165) is 55.4 Å². The highest BCUT2D eigenvalue weighted by atomic mass is 79.9. The highest BCUT2D eigenvalue weighted by molar-refractivity contribution is 9.10. The van der Waals surface area contributed by atoms with Crippen LogP contribution in [0.5, 0.6) is 0 Å². The van der Waals surface area contributed by atoms with Gasteiger partial charge in [-0.3, -0.25) is 0 Å². The average molecular weight is 344 g/mol. The van der Waals surface area contributed by atoms with E-state index in [1.54, 1.807) is 6.07 Å². The van der Waals surface area contributed by atoms with Gasteiger partial charge < -0.3 is 10.0 Å². The van der Waals surface area contributed by atoms with Gasteiger partial charge in [-0.15, -0.1) is 0 Å². The Hall–Kier alpha value is -0.450. The predicted molar refractivity (Wildman–Crippen MR) is 83.3 cm³/mol.